The lowest BCUT2D eigenvalue weighted by Crippen LogP contribution is -2.22. The van der Waals surface area contributed by atoms with E-state index in [-0.39, 0.29) is 5.56 Å². The van der Waals surface area contributed by atoms with E-state index in [2.05, 4.69) is 26.1 Å². The molecule has 0 unspecified atom stereocenters. The van der Waals surface area contributed by atoms with Crippen molar-refractivity contribution in [1.82, 2.24) is 14.8 Å². The summed E-state index contributed by atoms with van der Waals surface area (Å²) in [7, 11) is 0. The van der Waals surface area contributed by atoms with Gasteiger partial charge < -0.3 is 4.57 Å². The molecule has 0 saturated heterocycles. The number of hydrogen-bond acceptors (Lipinski definition) is 3. The second-order valence-corrected chi connectivity index (χ2v) is 4.92. The van der Waals surface area contributed by atoms with Crippen LogP contribution in [0.3, 0.4) is 0 Å². The number of aromatic nitrogens is 3. The predicted molar refractivity (Wildman–Crippen MR) is 69.3 cm³/mol. The van der Waals surface area contributed by atoms with E-state index in [1.54, 1.807) is 35.9 Å². The van der Waals surface area contributed by atoms with Crippen LogP contribution in [0.15, 0.2) is 33.7 Å². The van der Waals surface area contributed by atoms with Crippen molar-refractivity contribution in [3.8, 4) is 0 Å². The van der Waals surface area contributed by atoms with Crippen molar-refractivity contribution in [2.45, 2.75) is 13.5 Å². The van der Waals surface area contributed by atoms with E-state index >= 15 is 0 Å². The summed E-state index contributed by atoms with van der Waals surface area (Å²) in [5, 5.41) is 7.99. The fraction of sp³-hybridized carbons (Fsp3) is 0.182. The van der Waals surface area contributed by atoms with Crippen molar-refractivity contribution in [3.63, 3.8) is 0 Å². The van der Waals surface area contributed by atoms with Gasteiger partial charge in [0.1, 0.15) is 0 Å². The topological polar surface area (TPSA) is 47.8 Å². The van der Waals surface area contributed by atoms with Crippen LogP contribution in [0.25, 0.3) is 0 Å². The van der Waals surface area contributed by atoms with E-state index in [0.717, 1.165) is 4.47 Å². The van der Waals surface area contributed by atoms with E-state index in [0.29, 0.717) is 23.0 Å². The van der Waals surface area contributed by atoms with E-state index in [1.807, 2.05) is 0 Å². The van der Waals surface area contributed by atoms with Gasteiger partial charge in [-0.15, -0.1) is 5.10 Å². The van der Waals surface area contributed by atoms with Gasteiger partial charge in [-0.25, -0.2) is 0 Å². The molecule has 0 spiro atoms. The summed E-state index contributed by atoms with van der Waals surface area (Å²) in [4.78, 5) is 11.9. The fourth-order valence-corrected chi connectivity index (χ4v) is 2.15. The first-order chi connectivity index (χ1) is 8.06. The maximum atomic E-state index is 11.9. The Morgan fingerprint density at radius 3 is 2.82 bits per heavy atom. The fourth-order valence-electron chi connectivity index (χ4n) is 1.46. The summed E-state index contributed by atoms with van der Waals surface area (Å²) in [6, 6.07) is 5.18. The molecule has 2 rings (SSSR count). The van der Waals surface area contributed by atoms with Gasteiger partial charge in [0, 0.05) is 16.2 Å². The first-order valence-corrected chi connectivity index (χ1v) is 6.08. The van der Waals surface area contributed by atoms with E-state index in [9.17, 15) is 4.79 Å². The molecule has 0 radical (unpaired) electrons. The summed E-state index contributed by atoms with van der Waals surface area (Å²) < 4.78 is 2.44. The third-order valence-electron chi connectivity index (χ3n) is 2.25. The molecular formula is C11H9BrClN3O. The summed E-state index contributed by atoms with van der Waals surface area (Å²) >= 11 is 9.00. The SMILES string of the molecule is Cc1cc(Br)cn(Cc2ccc(Cl)nn2)c1=O. The molecule has 0 amide bonds. The van der Waals surface area contributed by atoms with Crippen LogP contribution in [-0.4, -0.2) is 14.8 Å². The molecule has 2 heterocycles. The van der Waals surface area contributed by atoms with Gasteiger partial charge in [0.05, 0.1) is 12.2 Å². The van der Waals surface area contributed by atoms with Crippen molar-refractivity contribution in [2.75, 3.05) is 0 Å². The van der Waals surface area contributed by atoms with Gasteiger partial charge in [-0.05, 0) is 41.1 Å². The number of aryl methyl sites for hydroxylation is 1. The first-order valence-electron chi connectivity index (χ1n) is 4.91. The van der Waals surface area contributed by atoms with Crippen LogP contribution in [0.5, 0.6) is 0 Å². The van der Waals surface area contributed by atoms with Crippen LogP contribution in [0.4, 0.5) is 0 Å². The Balaban J connectivity index is 2.36. The molecule has 0 fully saturated rings. The van der Waals surface area contributed by atoms with E-state index in [4.69, 9.17) is 11.6 Å². The average molecular weight is 315 g/mol. The molecule has 0 N–H and O–H groups in total. The van der Waals surface area contributed by atoms with Crippen LogP contribution < -0.4 is 5.56 Å². The minimum absolute atomic E-state index is 0.0371. The Labute approximate surface area is 111 Å². The first kappa shape index (κ1) is 12.3. The van der Waals surface area contributed by atoms with Gasteiger partial charge in [0.2, 0.25) is 0 Å². The van der Waals surface area contributed by atoms with Crippen LogP contribution in [0, 0.1) is 6.92 Å². The lowest BCUT2D eigenvalue weighted by molar-refractivity contribution is 0.716. The van der Waals surface area contributed by atoms with Crippen molar-refractivity contribution in [2.24, 2.45) is 0 Å². The molecule has 0 bridgehead atoms. The number of hydrogen-bond donors (Lipinski definition) is 0. The van der Waals surface area contributed by atoms with Crippen LogP contribution in [0.1, 0.15) is 11.3 Å². The number of nitrogens with zero attached hydrogens (tertiary/aromatic N) is 3. The molecule has 0 atom stereocenters. The highest BCUT2D eigenvalue weighted by Gasteiger charge is 2.04. The van der Waals surface area contributed by atoms with Gasteiger partial charge in [0.15, 0.2) is 5.15 Å². The van der Waals surface area contributed by atoms with Crippen molar-refractivity contribution < 1.29 is 0 Å². The summed E-state index contributed by atoms with van der Waals surface area (Å²) in [5.41, 5.74) is 1.33. The number of halogens is 2. The molecule has 17 heavy (non-hydrogen) atoms. The third-order valence-corrected chi connectivity index (χ3v) is 2.89. The van der Waals surface area contributed by atoms with E-state index < -0.39 is 0 Å². The Morgan fingerprint density at radius 1 is 1.41 bits per heavy atom. The minimum Gasteiger partial charge on any atom is -0.308 e. The molecule has 2 aromatic heterocycles. The lowest BCUT2D eigenvalue weighted by Gasteiger charge is -2.06. The van der Waals surface area contributed by atoms with Crippen LogP contribution in [0.2, 0.25) is 5.15 Å². The average Bonchev–Trinajstić information content (AvgIpc) is 2.28. The lowest BCUT2D eigenvalue weighted by atomic mass is 10.3. The Kier molecular flexibility index (Phi) is 3.59. The molecule has 6 heteroatoms. The third kappa shape index (κ3) is 2.92. The van der Waals surface area contributed by atoms with Crippen molar-refractivity contribution in [1.29, 1.82) is 0 Å². The zero-order valence-electron chi connectivity index (χ0n) is 9.02. The highest BCUT2D eigenvalue weighted by atomic mass is 79.9. The zero-order chi connectivity index (χ0) is 12.4. The van der Waals surface area contributed by atoms with Crippen molar-refractivity contribution in [3.05, 3.63) is 55.6 Å². The number of pyridine rings is 1. The normalized spacial score (nSPS) is 10.5. The minimum atomic E-state index is -0.0371. The molecule has 2 aromatic rings. The van der Waals surface area contributed by atoms with E-state index in [1.165, 1.54) is 0 Å². The molecule has 4 nitrogen and oxygen atoms in total. The van der Waals surface area contributed by atoms with Crippen LogP contribution in [-0.2, 0) is 6.54 Å². The second-order valence-electron chi connectivity index (χ2n) is 3.62. The van der Waals surface area contributed by atoms with Gasteiger partial charge >= 0.3 is 0 Å². The molecule has 0 aliphatic rings. The highest BCUT2D eigenvalue weighted by molar-refractivity contribution is 9.10. The van der Waals surface area contributed by atoms with Gasteiger partial charge in [-0.3, -0.25) is 4.79 Å². The summed E-state index contributed by atoms with van der Waals surface area (Å²) in [6.45, 7) is 2.15. The highest BCUT2D eigenvalue weighted by Crippen LogP contribution is 2.09. The zero-order valence-corrected chi connectivity index (χ0v) is 11.4. The Hall–Kier alpha value is -1.20. The molecule has 0 saturated carbocycles. The maximum Gasteiger partial charge on any atom is 0.253 e. The van der Waals surface area contributed by atoms with Crippen molar-refractivity contribution >= 4 is 27.5 Å². The number of rotatable bonds is 2. The summed E-state index contributed by atoms with van der Waals surface area (Å²) in [6.07, 6.45) is 1.73. The molecule has 0 aliphatic carbocycles. The smallest absolute Gasteiger partial charge is 0.253 e. The predicted octanol–water partition coefficient (Wildman–Crippen LogP) is 2.41. The Bertz CT molecular complexity index is 595. The quantitative estimate of drug-likeness (QED) is 0.855. The standard InChI is InChI=1S/C11H9BrClN3O/c1-7-4-8(12)5-16(11(7)17)6-9-2-3-10(13)15-14-9/h2-5H,6H2,1H3. The molecule has 0 aromatic carbocycles. The monoisotopic (exact) mass is 313 g/mol. The van der Waals surface area contributed by atoms with Gasteiger partial charge in [0.25, 0.3) is 5.56 Å². The van der Waals surface area contributed by atoms with Gasteiger partial charge in [-0.1, -0.05) is 11.6 Å². The second kappa shape index (κ2) is 4.98. The molecule has 88 valence electrons. The summed E-state index contributed by atoms with van der Waals surface area (Å²) in [5.74, 6) is 0. The van der Waals surface area contributed by atoms with Crippen LogP contribution >= 0.6 is 27.5 Å². The Morgan fingerprint density at radius 2 is 2.18 bits per heavy atom. The largest absolute Gasteiger partial charge is 0.308 e. The molecular weight excluding hydrogens is 305 g/mol. The molecule has 0 aliphatic heterocycles. The maximum absolute atomic E-state index is 11.9. The van der Waals surface area contributed by atoms with Gasteiger partial charge in [-0.2, -0.15) is 5.10 Å².